The maximum absolute atomic E-state index is 13.6. The highest BCUT2D eigenvalue weighted by molar-refractivity contribution is 7.92. The van der Waals surface area contributed by atoms with E-state index < -0.39 is 28.3 Å². The molecule has 0 heterocycles. The van der Waals surface area contributed by atoms with Gasteiger partial charge in [-0.05, 0) is 36.8 Å². The summed E-state index contributed by atoms with van der Waals surface area (Å²) in [5.74, 6) is -1.33. The lowest BCUT2D eigenvalue weighted by atomic mass is 10.2. The minimum Gasteiger partial charge on any atom is -0.271 e. The third kappa shape index (κ3) is 5.66. The summed E-state index contributed by atoms with van der Waals surface area (Å²) in [6, 6.07) is 8.74. The molecule has 0 bridgehead atoms. The van der Waals surface area contributed by atoms with E-state index in [4.69, 9.17) is 23.2 Å². The molecule has 2 rings (SSSR count). The molecular weight excluding hydrogens is 416 g/mol. The van der Waals surface area contributed by atoms with Gasteiger partial charge in [0, 0.05) is 10.6 Å². The molecule has 0 saturated heterocycles. The van der Waals surface area contributed by atoms with Crippen LogP contribution in [0.5, 0.6) is 0 Å². The molecule has 0 fully saturated rings. The van der Waals surface area contributed by atoms with Gasteiger partial charge in [-0.2, -0.15) is 5.10 Å². The average molecular weight is 432 g/mol. The van der Waals surface area contributed by atoms with E-state index in [1.807, 2.05) is 0 Å². The van der Waals surface area contributed by atoms with E-state index in [2.05, 4.69) is 10.5 Å². The van der Waals surface area contributed by atoms with E-state index in [1.165, 1.54) is 30.3 Å². The lowest BCUT2D eigenvalue weighted by Crippen LogP contribution is -2.39. The van der Waals surface area contributed by atoms with Crippen LogP contribution in [0.4, 0.5) is 10.1 Å². The zero-order chi connectivity index (χ0) is 20.2. The number of amides is 1. The number of hydrazone groups is 1. The fraction of sp³-hybridized carbons (Fsp3) is 0.176. The highest BCUT2D eigenvalue weighted by Crippen LogP contribution is 2.24. The highest BCUT2D eigenvalue weighted by Gasteiger charge is 2.21. The van der Waals surface area contributed by atoms with Crippen molar-refractivity contribution in [1.29, 1.82) is 0 Å². The molecule has 2 aromatic rings. The van der Waals surface area contributed by atoms with E-state index in [9.17, 15) is 17.6 Å². The van der Waals surface area contributed by atoms with E-state index >= 15 is 0 Å². The Bertz CT molecular complexity index is 977. The smallest absolute Gasteiger partial charge is 0.260 e. The maximum Gasteiger partial charge on any atom is 0.260 e. The number of nitrogens with zero attached hydrogens (tertiary/aromatic N) is 2. The van der Waals surface area contributed by atoms with Gasteiger partial charge in [0.25, 0.3) is 5.91 Å². The third-order valence-corrected chi connectivity index (χ3v) is 5.39. The van der Waals surface area contributed by atoms with Crippen LogP contribution in [0, 0.1) is 12.7 Å². The van der Waals surface area contributed by atoms with Crippen LogP contribution in [0.1, 0.15) is 11.1 Å². The van der Waals surface area contributed by atoms with Crippen LogP contribution in [0.15, 0.2) is 41.5 Å². The monoisotopic (exact) mass is 431 g/mol. The van der Waals surface area contributed by atoms with Crippen molar-refractivity contribution in [2.24, 2.45) is 5.10 Å². The zero-order valence-electron chi connectivity index (χ0n) is 14.4. The summed E-state index contributed by atoms with van der Waals surface area (Å²) in [7, 11) is -3.75. The summed E-state index contributed by atoms with van der Waals surface area (Å²) >= 11 is 11.9. The first-order valence-electron chi connectivity index (χ1n) is 7.59. The van der Waals surface area contributed by atoms with Crippen LogP contribution in [0.2, 0.25) is 10.0 Å². The van der Waals surface area contributed by atoms with Gasteiger partial charge in [0.1, 0.15) is 12.4 Å². The third-order valence-electron chi connectivity index (χ3n) is 3.51. The normalized spacial score (nSPS) is 11.6. The lowest BCUT2D eigenvalue weighted by Gasteiger charge is -2.21. The van der Waals surface area contributed by atoms with Gasteiger partial charge in [-0.25, -0.2) is 18.2 Å². The Kier molecular flexibility index (Phi) is 6.80. The molecule has 2 aromatic carbocycles. The lowest BCUT2D eigenvalue weighted by molar-refractivity contribution is -0.119. The minimum absolute atomic E-state index is 0.00440. The number of nitrogens with one attached hydrogen (secondary N) is 1. The standard InChI is InChI=1S/C17H16Cl2FN3O3S/c1-11-6-7-12(8-15(11)19)23(27(2,25)26)10-17(24)22-21-9-13-14(18)4-3-5-16(13)20/h3-9H,10H2,1-2H3,(H,22,24)/b21-9-. The topological polar surface area (TPSA) is 78.8 Å². The Balaban J connectivity index is 2.15. The summed E-state index contributed by atoms with van der Waals surface area (Å²) in [6.45, 7) is 1.24. The van der Waals surface area contributed by atoms with Gasteiger partial charge in [-0.1, -0.05) is 35.3 Å². The number of carbonyl (C=O) groups is 1. The van der Waals surface area contributed by atoms with Gasteiger partial charge in [-0.3, -0.25) is 9.10 Å². The van der Waals surface area contributed by atoms with Crippen molar-refractivity contribution in [1.82, 2.24) is 5.43 Å². The molecule has 1 amide bonds. The SMILES string of the molecule is Cc1ccc(N(CC(=O)N/N=C\c2c(F)cccc2Cl)S(C)(=O)=O)cc1Cl. The Hall–Kier alpha value is -2.16. The van der Waals surface area contributed by atoms with Crippen molar-refractivity contribution in [3.63, 3.8) is 0 Å². The molecule has 0 aliphatic rings. The van der Waals surface area contributed by atoms with Crippen LogP contribution >= 0.6 is 23.2 Å². The van der Waals surface area contributed by atoms with Crippen molar-refractivity contribution in [2.75, 3.05) is 17.1 Å². The number of halogens is 3. The van der Waals surface area contributed by atoms with Gasteiger partial charge in [-0.15, -0.1) is 0 Å². The summed E-state index contributed by atoms with van der Waals surface area (Å²) in [5, 5.41) is 4.12. The second-order valence-corrected chi connectivity index (χ2v) is 8.35. The summed E-state index contributed by atoms with van der Waals surface area (Å²) in [6.07, 6.45) is 2.01. The molecule has 0 atom stereocenters. The van der Waals surface area contributed by atoms with Crippen LogP contribution in [0.25, 0.3) is 0 Å². The van der Waals surface area contributed by atoms with Crippen molar-refractivity contribution < 1.29 is 17.6 Å². The van der Waals surface area contributed by atoms with Gasteiger partial charge in [0.05, 0.1) is 23.2 Å². The predicted molar refractivity (Wildman–Crippen MR) is 106 cm³/mol. The number of carbonyl (C=O) groups excluding carboxylic acids is 1. The molecule has 10 heteroatoms. The van der Waals surface area contributed by atoms with Crippen molar-refractivity contribution in [3.05, 3.63) is 63.4 Å². The molecule has 27 heavy (non-hydrogen) atoms. The quantitative estimate of drug-likeness (QED) is 0.562. The largest absolute Gasteiger partial charge is 0.271 e. The van der Waals surface area contributed by atoms with Gasteiger partial charge in [0.2, 0.25) is 10.0 Å². The Morgan fingerprint density at radius 3 is 2.56 bits per heavy atom. The van der Waals surface area contributed by atoms with E-state index in [0.29, 0.717) is 5.02 Å². The van der Waals surface area contributed by atoms with Gasteiger partial charge >= 0.3 is 0 Å². The second-order valence-electron chi connectivity index (χ2n) is 5.63. The van der Waals surface area contributed by atoms with E-state index in [0.717, 1.165) is 22.3 Å². The van der Waals surface area contributed by atoms with E-state index in [1.54, 1.807) is 13.0 Å². The number of benzene rings is 2. The van der Waals surface area contributed by atoms with Crippen LogP contribution < -0.4 is 9.73 Å². The van der Waals surface area contributed by atoms with Crippen molar-refractivity contribution in [2.45, 2.75) is 6.92 Å². The molecule has 6 nitrogen and oxygen atoms in total. The van der Waals surface area contributed by atoms with E-state index in [-0.39, 0.29) is 16.3 Å². The molecule has 0 unspecified atom stereocenters. The molecule has 1 N–H and O–H groups in total. The maximum atomic E-state index is 13.6. The Morgan fingerprint density at radius 2 is 1.96 bits per heavy atom. The zero-order valence-corrected chi connectivity index (χ0v) is 16.7. The van der Waals surface area contributed by atoms with Crippen LogP contribution in [0.3, 0.4) is 0 Å². The first-order valence-corrected chi connectivity index (χ1v) is 10.2. The first kappa shape index (κ1) is 21.1. The average Bonchev–Trinajstić information content (AvgIpc) is 2.57. The van der Waals surface area contributed by atoms with Crippen molar-refractivity contribution >= 4 is 51.0 Å². The molecule has 0 aliphatic carbocycles. The van der Waals surface area contributed by atoms with Crippen LogP contribution in [-0.2, 0) is 14.8 Å². The number of sulfonamides is 1. The molecule has 144 valence electrons. The molecule has 0 saturated carbocycles. The number of rotatable bonds is 6. The van der Waals surface area contributed by atoms with Crippen molar-refractivity contribution in [3.8, 4) is 0 Å². The highest BCUT2D eigenvalue weighted by atomic mass is 35.5. The predicted octanol–water partition coefficient (Wildman–Crippen LogP) is 3.36. The molecule has 0 radical (unpaired) electrons. The fourth-order valence-corrected chi connectivity index (χ4v) is 3.34. The second kappa shape index (κ2) is 8.69. The van der Waals surface area contributed by atoms with Gasteiger partial charge in [0.15, 0.2) is 0 Å². The molecule has 0 aliphatic heterocycles. The Labute approximate surface area is 166 Å². The van der Waals surface area contributed by atoms with Gasteiger partial charge < -0.3 is 0 Å². The first-order chi connectivity index (χ1) is 12.6. The molecular formula is C17H16Cl2FN3O3S. The van der Waals surface area contributed by atoms with Crippen LogP contribution in [-0.4, -0.2) is 33.3 Å². The number of anilines is 1. The number of hydrogen-bond acceptors (Lipinski definition) is 4. The minimum atomic E-state index is -3.75. The summed E-state index contributed by atoms with van der Waals surface area (Å²) in [5.41, 5.74) is 3.16. The summed E-state index contributed by atoms with van der Waals surface area (Å²) in [4.78, 5) is 12.1. The number of aryl methyl sites for hydroxylation is 1. The summed E-state index contributed by atoms with van der Waals surface area (Å²) < 4.78 is 38.6. The Morgan fingerprint density at radius 1 is 1.26 bits per heavy atom. The fourth-order valence-electron chi connectivity index (χ4n) is 2.11. The molecule has 0 spiro atoms. The molecule has 0 aromatic heterocycles. The number of hydrogen-bond donors (Lipinski definition) is 1.